The van der Waals surface area contributed by atoms with Gasteiger partial charge in [0, 0.05) is 33.2 Å². The first-order chi connectivity index (χ1) is 14.1. The molecule has 8 heteroatoms. The molecule has 1 aliphatic rings. The molecule has 0 amide bonds. The Morgan fingerprint density at radius 2 is 2.10 bits per heavy atom. The molecule has 0 saturated carbocycles. The molecule has 3 rings (SSSR count). The first-order valence-electron chi connectivity index (χ1n) is 10.2. The highest BCUT2D eigenvalue weighted by atomic mass is 16.5. The van der Waals surface area contributed by atoms with Crippen LogP contribution in [0, 0.1) is 0 Å². The zero-order valence-electron chi connectivity index (χ0n) is 17.8. The maximum absolute atomic E-state index is 5.23. The van der Waals surface area contributed by atoms with Gasteiger partial charge in [0.1, 0.15) is 18.2 Å². The number of hydrogen-bond donors (Lipinski definition) is 2. The highest BCUT2D eigenvalue weighted by molar-refractivity contribution is 5.79. The van der Waals surface area contributed by atoms with Crippen molar-refractivity contribution in [3.05, 3.63) is 41.5 Å². The van der Waals surface area contributed by atoms with Crippen LogP contribution in [0.4, 0.5) is 0 Å². The maximum atomic E-state index is 5.23. The highest BCUT2D eigenvalue weighted by Gasteiger charge is 2.22. The van der Waals surface area contributed by atoms with Gasteiger partial charge in [-0.1, -0.05) is 19.1 Å². The van der Waals surface area contributed by atoms with E-state index in [1.807, 2.05) is 23.9 Å². The van der Waals surface area contributed by atoms with Gasteiger partial charge in [-0.05, 0) is 36.5 Å². The minimum absolute atomic E-state index is 0.282. The summed E-state index contributed by atoms with van der Waals surface area (Å²) in [7, 11) is 5.16. The first-order valence-corrected chi connectivity index (χ1v) is 10.2. The Hall–Kier alpha value is -2.61. The zero-order valence-corrected chi connectivity index (χ0v) is 17.8. The van der Waals surface area contributed by atoms with Crippen LogP contribution in [0.15, 0.2) is 29.3 Å². The van der Waals surface area contributed by atoms with E-state index in [-0.39, 0.29) is 6.04 Å². The minimum Gasteiger partial charge on any atom is -0.497 e. The lowest BCUT2D eigenvalue weighted by atomic mass is 9.98. The van der Waals surface area contributed by atoms with Crippen molar-refractivity contribution in [2.45, 2.75) is 51.3 Å². The van der Waals surface area contributed by atoms with Gasteiger partial charge in [0.05, 0.1) is 13.7 Å². The van der Waals surface area contributed by atoms with Crippen molar-refractivity contribution < 1.29 is 9.47 Å². The van der Waals surface area contributed by atoms with Gasteiger partial charge in [0.2, 0.25) is 0 Å². The van der Waals surface area contributed by atoms with Crippen LogP contribution in [0.3, 0.4) is 0 Å². The molecule has 0 radical (unpaired) electrons. The van der Waals surface area contributed by atoms with Crippen LogP contribution in [0.2, 0.25) is 0 Å². The van der Waals surface area contributed by atoms with Crippen LogP contribution in [-0.4, -0.2) is 54.6 Å². The number of aryl methyl sites for hydroxylation is 1. The van der Waals surface area contributed by atoms with Gasteiger partial charge in [-0.2, -0.15) is 5.10 Å². The molecule has 0 saturated heterocycles. The third kappa shape index (κ3) is 5.69. The van der Waals surface area contributed by atoms with Crippen LogP contribution in [0.25, 0.3) is 0 Å². The summed E-state index contributed by atoms with van der Waals surface area (Å²) in [5.74, 6) is 3.96. The molecule has 2 aromatic rings. The molecule has 0 aliphatic carbocycles. The van der Waals surface area contributed by atoms with Crippen LogP contribution in [-0.2, 0) is 24.3 Å². The molecule has 1 aromatic carbocycles. The maximum Gasteiger partial charge on any atom is 0.191 e. The molecule has 0 fully saturated rings. The van der Waals surface area contributed by atoms with Crippen molar-refractivity contribution in [3.63, 3.8) is 0 Å². The Balaban J connectivity index is 1.45. The molecule has 2 heterocycles. The standard InChI is InChI=1S/C21H32N6O2/c1-15(16-5-8-18(29-4)9-6-16)11-12-23-21(22-2)24-17-7-10-20-25-19(14-28-3)26-27(20)13-17/h5-6,8-9,15,17H,7,10-14H2,1-4H3,(H2,22,23,24). The lowest BCUT2D eigenvalue weighted by Crippen LogP contribution is -2.47. The number of guanidine groups is 1. The van der Waals surface area contributed by atoms with Gasteiger partial charge in [-0.3, -0.25) is 4.99 Å². The Morgan fingerprint density at radius 1 is 1.31 bits per heavy atom. The molecular formula is C21H32N6O2. The predicted molar refractivity (Wildman–Crippen MR) is 113 cm³/mol. The van der Waals surface area contributed by atoms with E-state index < -0.39 is 0 Å². The SMILES string of the molecule is CN=C(NCCC(C)c1ccc(OC)cc1)NC1CCc2nc(COC)nn2C1. The number of benzene rings is 1. The molecule has 158 valence electrons. The molecule has 29 heavy (non-hydrogen) atoms. The third-order valence-electron chi connectivity index (χ3n) is 5.29. The number of nitrogens with zero attached hydrogens (tertiary/aromatic N) is 4. The number of methoxy groups -OCH3 is 2. The summed E-state index contributed by atoms with van der Waals surface area (Å²) in [5, 5.41) is 11.5. The molecule has 1 aliphatic heterocycles. The summed E-state index contributed by atoms with van der Waals surface area (Å²) in [6, 6.07) is 8.57. The smallest absolute Gasteiger partial charge is 0.191 e. The number of nitrogens with one attached hydrogen (secondary N) is 2. The fourth-order valence-electron chi connectivity index (χ4n) is 3.56. The molecule has 8 nitrogen and oxygen atoms in total. The second-order valence-corrected chi connectivity index (χ2v) is 7.40. The zero-order chi connectivity index (χ0) is 20.6. The van der Waals surface area contributed by atoms with Crippen LogP contribution in [0.5, 0.6) is 5.75 Å². The van der Waals surface area contributed by atoms with E-state index in [1.54, 1.807) is 14.2 Å². The summed E-state index contributed by atoms with van der Waals surface area (Å²) in [6.45, 7) is 4.33. The highest BCUT2D eigenvalue weighted by Crippen LogP contribution is 2.21. The Labute approximate surface area is 172 Å². The van der Waals surface area contributed by atoms with E-state index in [9.17, 15) is 0 Å². The van der Waals surface area contributed by atoms with E-state index in [0.29, 0.717) is 12.5 Å². The van der Waals surface area contributed by atoms with Crippen molar-refractivity contribution in [3.8, 4) is 5.75 Å². The summed E-state index contributed by atoms with van der Waals surface area (Å²) in [4.78, 5) is 8.91. The second kappa shape index (κ2) is 10.2. The molecule has 0 bridgehead atoms. The predicted octanol–water partition coefficient (Wildman–Crippen LogP) is 2.11. The molecule has 2 N–H and O–H groups in total. The van der Waals surface area contributed by atoms with Gasteiger partial charge in [-0.25, -0.2) is 9.67 Å². The number of aromatic nitrogens is 3. The van der Waals surface area contributed by atoms with Gasteiger partial charge in [0.15, 0.2) is 11.8 Å². The van der Waals surface area contributed by atoms with E-state index in [4.69, 9.17) is 9.47 Å². The van der Waals surface area contributed by atoms with Gasteiger partial charge in [-0.15, -0.1) is 0 Å². The number of aliphatic imine (C=N–C) groups is 1. The monoisotopic (exact) mass is 400 g/mol. The summed E-state index contributed by atoms with van der Waals surface area (Å²) < 4.78 is 12.3. The number of ether oxygens (including phenoxy) is 2. The fraction of sp³-hybridized carbons (Fsp3) is 0.571. The van der Waals surface area contributed by atoms with Gasteiger partial charge >= 0.3 is 0 Å². The van der Waals surface area contributed by atoms with E-state index in [2.05, 4.69) is 44.8 Å². The van der Waals surface area contributed by atoms with Crippen molar-refractivity contribution in [2.75, 3.05) is 27.8 Å². The van der Waals surface area contributed by atoms with Gasteiger partial charge in [0.25, 0.3) is 0 Å². The molecule has 2 unspecified atom stereocenters. The average Bonchev–Trinajstić information content (AvgIpc) is 3.15. The minimum atomic E-state index is 0.282. The van der Waals surface area contributed by atoms with E-state index in [1.165, 1.54) is 5.56 Å². The fourth-order valence-corrected chi connectivity index (χ4v) is 3.56. The van der Waals surface area contributed by atoms with Gasteiger partial charge < -0.3 is 20.1 Å². The molecule has 0 spiro atoms. The Bertz CT molecular complexity index is 802. The molecule has 1 aromatic heterocycles. The Morgan fingerprint density at radius 3 is 2.79 bits per heavy atom. The number of rotatable bonds is 8. The van der Waals surface area contributed by atoms with Crippen molar-refractivity contribution in [2.24, 2.45) is 4.99 Å². The first kappa shape index (κ1) is 21.1. The average molecular weight is 401 g/mol. The number of hydrogen-bond acceptors (Lipinski definition) is 5. The van der Waals surface area contributed by atoms with E-state index in [0.717, 1.165) is 55.7 Å². The van der Waals surface area contributed by atoms with Crippen LogP contribution < -0.4 is 15.4 Å². The topological polar surface area (TPSA) is 85.6 Å². The van der Waals surface area contributed by atoms with Crippen LogP contribution >= 0.6 is 0 Å². The van der Waals surface area contributed by atoms with Crippen molar-refractivity contribution in [1.29, 1.82) is 0 Å². The quantitative estimate of drug-likeness (QED) is 0.521. The van der Waals surface area contributed by atoms with Crippen LogP contribution in [0.1, 0.15) is 42.9 Å². The largest absolute Gasteiger partial charge is 0.497 e. The summed E-state index contributed by atoms with van der Waals surface area (Å²) in [5.41, 5.74) is 1.31. The molecule has 2 atom stereocenters. The third-order valence-corrected chi connectivity index (χ3v) is 5.29. The Kier molecular flexibility index (Phi) is 7.46. The molecular weight excluding hydrogens is 368 g/mol. The van der Waals surface area contributed by atoms with Crippen molar-refractivity contribution in [1.82, 2.24) is 25.4 Å². The van der Waals surface area contributed by atoms with E-state index >= 15 is 0 Å². The lowest BCUT2D eigenvalue weighted by Gasteiger charge is -2.25. The summed E-state index contributed by atoms with van der Waals surface area (Å²) in [6.07, 6.45) is 2.93. The normalized spacial score (nSPS) is 17.5. The second-order valence-electron chi connectivity index (χ2n) is 7.40. The summed E-state index contributed by atoms with van der Waals surface area (Å²) >= 11 is 0. The van der Waals surface area contributed by atoms with Crippen molar-refractivity contribution >= 4 is 5.96 Å². The lowest BCUT2D eigenvalue weighted by molar-refractivity contribution is 0.177. The number of fused-ring (bicyclic) bond motifs is 1.